The number of carbonyl (C=O) groups excluding carboxylic acids is 1. The highest BCUT2D eigenvalue weighted by Gasteiger charge is 2.32. The lowest BCUT2D eigenvalue weighted by molar-refractivity contribution is -0.121. The second kappa shape index (κ2) is 8.06. The Kier molecular flexibility index (Phi) is 6.91. The fourth-order valence-corrected chi connectivity index (χ4v) is 3.17. The van der Waals surface area contributed by atoms with E-state index in [0.717, 1.165) is 23.1 Å². The Morgan fingerprint density at radius 2 is 1.92 bits per heavy atom. The van der Waals surface area contributed by atoms with E-state index in [1.165, 1.54) is 11.8 Å². The summed E-state index contributed by atoms with van der Waals surface area (Å²) >= 11 is 1.45. The van der Waals surface area contributed by atoms with Gasteiger partial charge in [-0.15, -0.1) is 0 Å². The maximum Gasteiger partial charge on any atom is 0.234 e. The maximum atomic E-state index is 12.5. The first-order chi connectivity index (χ1) is 11.0. The summed E-state index contributed by atoms with van der Waals surface area (Å²) < 4.78 is 2.18. The van der Waals surface area contributed by atoms with Gasteiger partial charge >= 0.3 is 0 Å². The van der Waals surface area contributed by atoms with E-state index in [1.54, 1.807) is 6.92 Å². The van der Waals surface area contributed by atoms with Crippen molar-refractivity contribution in [1.82, 2.24) is 14.9 Å². The fourth-order valence-electron chi connectivity index (χ4n) is 2.16. The van der Waals surface area contributed by atoms with Crippen LogP contribution in [-0.4, -0.2) is 26.2 Å². The van der Waals surface area contributed by atoms with E-state index in [0.29, 0.717) is 5.92 Å². The molecule has 0 aromatic carbocycles. The summed E-state index contributed by atoms with van der Waals surface area (Å²) in [6.07, 6.45) is 0. The number of nitrogens with one attached hydrogen (secondary N) is 1. The maximum absolute atomic E-state index is 12.5. The Labute approximate surface area is 150 Å². The molecule has 0 fully saturated rings. The fraction of sp³-hybridized carbons (Fsp3) is 0.722. The van der Waals surface area contributed by atoms with Crippen molar-refractivity contribution in [2.24, 2.45) is 11.8 Å². The van der Waals surface area contributed by atoms with Gasteiger partial charge in [0.25, 0.3) is 0 Å². The smallest absolute Gasteiger partial charge is 0.234 e. The summed E-state index contributed by atoms with van der Waals surface area (Å²) in [5, 5.41) is 12.8. The number of nitrogens with zero attached hydrogens (tertiary/aromatic N) is 3. The van der Waals surface area contributed by atoms with E-state index in [4.69, 9.17) is 0 Å². The molecule has 6 heteroatoms. The average molecular weight is 351 g/mol. The number of thioether (sulfide) groups is 1. The molecule has 1 aromatic rings. The summed E-state index contributed by atoms with van der Waals surface area (Å²) in [6, 6.07) is 2.22. The first-order valence-corrected chi connectivity index (χ1v) is 9.33. The zero-order valence-electron chi connectivity index (χ0n) is 16.1. The average Bonchev–Trinajstić information content (AvgIpc) is 2.74. The Bertz CT molecular complexity index is 630. The monoisotopic (exact) mass is 350 g/mol. The first kappa shape index (κ1) is 20.6. The predicted octanol–water partition coefficient (Wildman–Crippen LogP) is 3.69. The molecule has 0 bridgehead atoms. The standard InChI is InChI=1S/C18H30N4OS/c1-11(2)9-22-14(6)13(5)20-17(22)24-15(7)16(23)21-18(8,10-19)12(3)4/h11-12,15H,9H2,1-8H3,(H,21,23). The van der Waals surface area contributed by atoms with Gasteiger partial charge in [0.2, 0.25) is 5.91 Å². The molecule has 24 heavy (non-hydrogen) atoms. The van der Waals surface area contributed by atoms with Crippen molar-refractivity contribution in [3.63, 3.8) is 0 Å². The molecule has 0 aliphatic rings. The van der Waals surface area contributed by atoms with Crippen LogP contribution >= 0.6 is 11.8 Å². The van der Waals surface area contributed by atoms with Crippen LogP contribution in [0.4, 0.5) is 0 Å². The van der Waals surface area contributed by atoms with Crippen molar-refractivity contribution in [3.8, 4) is 6.07 Å². The van der Waals surface area contributed by atoms with Crippen LogP contribution in [0.5, 0.6) is 0 Å². The van der Waals surface area contributed by atoms with E-state index in [2.05, 4.69) is 41.7 Å². The van der Waals surface area contributed by atoms with Gasteiger partial charge in [-0.1, -0.05) is 39.5 Å². The molecule has 1 heterocycles. The van der Waals surface area contributed by atoms with Crippen LogP contribution in [0.2, 0.25) is 0 Å². The van der Waals surface area contributed by atoms with Crippen molar-refractivity contribution in [1.29, 1.82) is 5.26 Å². The van der Waals surface area contributed by atoms with Crippen LogP contribution in [-0.2, 0) is 11.3 Å². The van der Waals surface area contributed by atoms with Gasteiger partial charge in [0.1, 0.15) is 5.54 Å². The number of aromatic nitrogens is 2. The summed E-state index contributed by atoms with van der Waals surface area (Å²) in [4.78, 5) is 17.1. The minimum atomic E-state index is -0.856. The summed E-state index contributed by atoms with van der Waals surface area (Å²) in [5.74, 6) is 0.409. The molecule has 2 atom stereocenters. The van der Waals surface area contributed by atoms with E-state index >= 15 is 0 Å². The van der Waals surface area contributed by atoms with Crippen LogP contribution < -0.4 is 5.32 Å². The van der Waals surface area contributed by atoms with Gasteiger partial charge in [-0.3, -0.25) is 4.79 Å². The van der Waals surface area contributed by atoms with Crippen molar-refractivity contribution in [2.75, 3.05) is 0 Å². The number of aryl methyl sites for hydroxylation is 1. The normalized spacial score (nSPS) is 15.2. The SMILES string of the molecule is Cc1nc(SC(C)C(=O)NC(C)(C#N)C(C)C)n(CC(C)C)c1C. The topological polar surface area (TPSA) is 70.7 Å². The third-order valence-electron chi connectivity index (χ3n) is 4.39. The van der Waals surface area contributed by atoms with Gasteiger partial charge < -0.3 is 9.88 Å². The molecule has 0 aliphatic carbocycles. The number of nitriles is 1. The van der Waals surface area contributed by atoms with Gasteiger partial charge in [-0.2, -0.15) is 5.26 Å². The Morgan fingerprint density at radius 3 is 2.38 bits per heavy atom. The highest BCUT2D eigenvalue weighted by atomic mass is 32.2. The molecule has 1 amide bonds. The minimum Gasteiger partial charge on any atom is -0.337 e. The summed E-state index contributed by atoms with van der Waals surface area (Å²) in [5.41, 5.74) is 1.28. The second-order valence-electron chi connectivity index (χ2n) is 7.29. The number of carbonyl (C=O) groups is 1. The zero-order valence-corrected chi connectivity index (χ0v) is 16.9. The van der Waals surface area contributed by atoms with Gasteiger partial charge in [0.15, 0.2) is 5.16 Å². The van der Waals surface area contributed by atoms with E-state index < -0.39 is 5.54 Å². The number of amides is 1. The van der Waals surface area contributed by atoms with E-state index in [9.17, 15) is 10.1 Å². The number of imidazole rings is 1. The van der Waals surface area contributed by atoms with Crippen molar-refractivity contribution in [3.05, 3.63) is 11.4 Å². The van der Waals surface area contributed by atoms with Crippen LogP contribution in [0, 0.1) is 37.0 Å². The lowest BCUT2D eigenvalue weighted by Crippen LogP contribution is -2.51. The lowest BCUT2D eigenvalue weighted by Gasteiger charge is -2.28. The first-order valence-electron chi connectivity index (χ1n) is 8.45. The molecule has 0 saturated heterocycles. The molecule has 1 rings (SSSR count). The molecule has 0 saturated carbocycles. The molecule has 1 N–H and O–H groups in total. The number of hydrogen-bond donors (Lipinski definition) is 1. The summed E-state index contributed by atoms with van der Waals surface area (Å²) in [7, 11) is 0. The number of rotatable bonds is 7. The molecule has 1 aromatic heterocycles. The van der Waals surface area contributed by atoms with Crippen molar-refractivity contribution < 1.29 is 4.79 Å². The third-order valence-corrected chi connectivity index (χ3v) is 5.48. The summed E-state index contributed by atoms with van der Waals surface area (Å²) in [6.45, 7) is 16.8. The Hall–Kier alpha value is -1.48. The quantitative estimate of drug-likeness (QED) is 0.761. The van der Waals surface area contributed by atoms with E-state index in [-0.39, 0.29) is 17.1 Å². The minimum absolute atomic E-state index is 0.0380. The molecule has 2 unspecified atom stereocenters. The predicted molar refractivity (Wildman–Crippen MR) is 98.9 cm³/mol. The molecule has 134 valence electrons. The molecule has 0 radical (unpaired) electrons. The molecule has 0 spiro atoms. The molecular formula is C18H30N4OS. The second-order valence-corrected chi connectivity index (χ2v) is 8.60. The highest BCUT2D eigenvalue weighted by molar-refractivity contribution is 8.00. The van der Waals surface area contributed by atoms with Gasteiger partial charge in [0.05, 0.1) is 17.0 Å². The molecule has 5 nitrogen and oxygen atoms in total. The van der Waals surface area contributed by atoms with Crippen LogP contribution in [0.15, 0.2) is 5.16 Å². The number of hydrogen-bond acceptors (Lipinski definition) is 4. The van der Waals surface area contributed by atoms with Gasteiger partial charge in [-0.05, 0) is 39.5 Å². The largest absolute Gasteiger partial charge is 0.337 e. The molecule has 0 aliphatic heterocycles. The van der Waals surface area contributed by atoms with Crippen LogP contribution in [0.3, 0.4) is 0 Å². The third kappa shape index (κ3) is 4.76. The van der Waals surface area contributed by atoms with Crippen LogP contribution in [0.1, 0.15) is 52.9 Å². The highest BCUT2D eigenvalue weighted by Crippen LogP contribution is 2.27. The van der Waals surface area contributed by atoms with Crippen molar-refractivity contribution in [2.45, 2.75) is 77.9 Å². The molecular weight excluding hydrogens is 320 g/mol. The van der Waals surface area contributed by atoms with Gasteiger partial charge in [0, 0.05) is 12.2 Å². The zero-order chi connectivity index (χ0) is 18.7. The van der Waals surface area contributed by atoms with Crippen molar-refractivity contribution >= 4 is 17.7 Å². The van der Waals surface area contributed by atoms with Crippen LogP contribution in [0.25, 0.3) is 0 Å². The van der Waals surface area contributed by atoms with E-state index in [1.807, 2.05) is 27.7 Å². The Morgan fingerprint density at radius 1 is 1.33 bits per heavy atom. The lowest BCUT2D eigenvalue weighted by atomic mass is 9.90. The van der Waals surface area contributed by atoms with Gasteiger partial charge in [-0.25, -0.2) is 4.98 Å². The Balaban J connectivity index is 2.92.